The highest BCUT2D eigenvalue weighted by Crippen LogP contribution is 2.25. The van der Waals surface area contributed by atoms with E-state index in [4.69, 9.17) is 0 Å². The Labute approximate surface area is 147 Å². The Bertz CT molecular complexity index is 630. The van der Waals surface area contributed by atoms with Crippen molar-refractivity contribution in [1.29, 1.82) is 0 Å². The minimum atomic E-state index is -0.220. The summed E-state index contributed by atoms with van der Waals surface area (Å²) < 4.78 is 0. The molecule has 1 aliphatic heterocycles. The smallest absolute Gasteiger partial charge is 0.242 e. The van der Waals surface area contributed by atoms with Crippen molar-refractivity contribution < 1.29 is 4.79 Å². The largest absolute Gasteiger partial charge is 0.354 e. The van der Waals surface area contributed by atoms with Crippen LogP contribution >= 0.6 is 11.8 Å². The Hall–Kier alpha value is -1.85. The number of carbonyl (C=O) groups excluding carboxylic acids is 1. The van der Waals surface area contributed by atoms with Crippen molar-refractivity contribution in [2.24, 2.45) is 0 Å². The normalized spacial score (nSPS) is 16.0. The lowest BCUT2D eigenvalue weighted by atomic mass is 10.1. The van der Waals surface area contributed by atoms with Gasteiger partial charge in [-0.15, -0.1) is 11.8 Å². The van der Waals surface area contributed by atoms with Gasteiger partial charge in [-0.1, -0.05) is 24.3 Å². The Balaban J connectivity index is 1.55. The molecule has 0 aliphatic carbocycles. The molecule has 1 aromatic carbocycles. The topological polar surface area (TPSA) is 45.2 Å². The second-order valence-corrected chi connectivity index (χ2v) is 7.05. The molecule has 1 aromatic heterocycles. The molecule has 1 aliphatic rings. The predicted molar refractivity (Wildman–Crippen MR) is 98.0 cm³/mol. The zero-order valence-electron chi connectivity index (χ0n) is 13.7. The van der Waals surface area contributed by atoms with Crippen molar-refractivity contribution in [3.63, 3.8) is 0 Å². The molecular weight excluding hydrogens is 318 g/mol. The Kier molecular flexibility index (Phi) is 6.26. The number of aromatic nitrogens is 1. The van der Waals surface area contributed by atoms with Crippen molar-refractivity contribution in [1.82, 2.24) is 15.2 Å². The van der Waals surface area contributed by atoms with Crippen molar-refractivity contribution in [2.75, 3.05) is 25.4 Å². The molecule has 4 nitrogen and oxygen atoms in total. The number of nitrogens with zero attached hydrogens (tertiary/aromatic N) is 2. The summed E-state index contributed by atoms with van der Waals surface area (Å²) in [5, 5.41) is 3.10. The van der Waals surface area contributed by atoms with Crippen LogP contribution in [0.3, 0.4) is 0 Å². The average Bonchev–Trinajstić information content (AvgIpc) is 3.15. The molecule has 0 radical (unpaired) electrons. The predicted octanol–water partition coefficient (Wildman–Crippen LogP) is 3.13. The number of thioether (sulfide) groups is 1. The Morgan fingerprint density at radius 2 is 1.96 bits per heavy atom. The molecule has 24 heavy (non-hydrogen) atoms. The zero-order chi connectivity index (χ0) is 16.6. The molecule has 2 aromatic rings. The van der Waals surface area contributed by atoms with Gasteiger partial charge in [0.05, 0.1) is 0 Å². The number of hydrogen-bond acceptors (Lipinski definition) is 4. The molecule has 0 saturated carbocycles. The third-order valence-corrected chi connectivity index (χ3v) is 5.18. The van der Waals surface area contributed by atoms with Crippen LogP contribution in [0.25, 0.3) is 0 Å². The van der Waals surface area contributed by atoms with E-state index in [1.807, 2.05) is 30.3 Å². The number of nitrogens with one attached hydrogen (secondary N) is 1. The summed E-state index contributed by atoms with van der Waals surface area (Å²) in [5.41, 5.74) is 0.979. The number of carbonyl (C=O) groups is 1. The number of hydrogen-bond donors (Lipinski definition) is 1. The maximum Gasteiger partial charge on any atom is 0.242 e. The number of amides is 1. The highest BCUT2D eigenvalue weighted by Gasteiger charge is 2.29. The SMILES string of the molecule is O=C(NCCSc1ccccc1)C(c1cccnc1)N1CCCC1. The number of likely N-dealkylation sites (tertiary alicyclic amines) is 1. The summed E-state index contributed by atoms with van der Waals surface area (Å²) in [6.07, 6.45) is 5.88. The molecule has 1 fully saturated rings. The molecule has 1 unspecified atom stereocenters. The van der Waals surface area contributed by atoms with E-state index in [0.717, 1.165) is 37.2 Å². The standard InChI is InChI=1S/C19H23N3OS/c23-19(21-11-14-24-17-8-2-1-3-9-17)18(22-12-4-5-13-22)16-7-6-10-20-15-16/h1-3,6-10,15,18H,4-5,11-14H2,(H,21,23). The third kappa shape index (κ3) is 4.58. The molecule has 1 atom stereocenters. The first kappa shape index (κ1) is 17.0. The number of rotatable bonds is 7. The first-order valence-electron chi connectivity index (χ1n) is 8.44. The van der Waals surface area contributed by atoms with Crippen molar-refractivity contribution in [3.05, 3.63) is 60.4 Å². The van der Waals surface area contributed by atoms with Crippen LogP contribution < -0.4 is 5.32 Å². The molecule has 2 heterocycles. The lowest BCUT2D eigenvalue weighted by molar-refractivity contribution is -0.126. The number of benzene rings is 1. The van der Waals surface area contributed by atoms with E-state index < -0.39 is 0 Å². The van der Waals surface area contributed by atoms with E-state index in [1.54, 1.807) is 24.2 Å². The summed E-state index contributed by atoms with van der Waals surface area (Å²) in [4.78, 5) is 20.4. The van der Waals surface area contributed by atoms with Crippen LogP contribution in [0.1, 0.15) is 24.4 Å². The molecular formula is C19H23N3OS. The summed E-state index contributed by atoms with van der Waals surface area (Å²) >= 11 is 1.76. The molecule has 1 amide bonds. The maximum atomic E-state index is 12.8. The first-order valence-corrected chi connectivity index (χ1v) is 9.43. The summed E-state index contributed by atoms with van der Waals surface area (Å²) in [7, 11) is 0. The van der Waals surface area contributed by atoms with Crippen LogP contribution in [-0.2, 0) is 4.79 Å². The van der Waals surface area contributed by atoms with Gasteiger partial charge in [0.2, 0.25) is 5.91 Å². The van der Waals surface area contributed by atoms with Gasteiger partial charge in [0, 0.05) is 29.6 Å². The minimum Gasteiger partial charge on any atom is -0.354 e. The Morgan fingerprint density at radius 3 is 2.67 bits per heavy atom. The van der Waals surface area contributed by atoms with Crippen molar-refractivity contribution in [2.45, 2.75) is 23.8 Å². The Morgan fingerprint density at radius 1 is 1.17 bits per heavy atom. The quantitative estimate of drug-likeness (QED) is 0.621. The average molecular weight is 341 g/mol. The highest BCUT2D eigenvalue weighted by atomic mass is 32.2. The summed E-state index contributed by atoms with van der Waals surface area (Å²) in [6, 6.07) is 13.9. The maximum absolute atomic E-state index is 12.8. The molecule has 0 spiro atoms. The van der Waals surface area contributed by atoms with E-state index >= 15 is 0 Å². The molecule has 5 heteroatoms. The lowest BCUT2D eigenvalue weighted by Crippen LogP contribution is -2.40. The molecule has 126 valence electrons. The van der Waals surface area contributed by atoms with Crippen molar-refractivity contribution >= 4 is 17.7 Å². The van der Waals surface area contributed by atoms with E-state index in [-0.39, 0.29) is 11.9 Å². The van der Waals surface area contributed by atoms with Crippen LogP contribution in [0.4, 0.5) is 0 Å². The van der Waals surface area contributed by atoms with Gasteiger partial charge in [-0.2, -0.15) is 0 Å². The second kappa shape index (κ2) is 8.85. The van der Waals surface area contributed by atoms with Gasteiger partial charge < -0.3 is 5.32 Å². The molecule has 1 N–H and O–H groups in total. The fraction of sp³-hybridized carbons (Fsp3) is 0.368. The molecule has 1 saturated heterocycles. The highest BCUT2D eigenvalue weighted by molar-refractivity contribution is 7.99. The van der Waals surface area contributed by atoms with E-state index in [0.29, 0.717) is 6.54 Å². The molecule has 0 bridgehead atoms. The first-order chi connectivity index (χ1) is 11.8. The van der Waals surface area contributed by atoms with Crippen LogP contribution in [-0.4, -0.2) is 41.2 Å². The van der Waals surface area contributed by atoms with Crippen molar-refractivity contribution in [3.8, 4) is 0 Å². The fourth-order valence-electron chi connectivity index (χ4n) is 3.02. The second-order valence-electron chi connectivity index (χ2n) is 5.88. The number of pyridine rings is 1. The van der Waals surface area contributed by atoms with E-state index in [2.05, 4.69) is 27.3 Å². The van der Waals surface area contributed by atoms with E-state index in [1.165, 1.54) is 4.90 Å². The van der Waals surface area contributed by atoms with Crippen LogP contribution in [0.5, 0.6) is 0 Å². The minimum absolute atomic E-state index is 0.0820. The van der Waals surface area contributed by atoms with Gasteiger partial charge in [-0.25, -0.2) is 0 Å². The lowest BCUT2D eigenvalue weighted by Gasteiger charge is -2.26. The monoisotopic (exact) mass is 341 g/mol. The third-order valence-electron chi connectivity index (χ3n) is 4.17. The summed E-state index contributed by atoms with van der Waals surface area (Å²) in [5.74, 6) is 0.953. The van der Waals surface area contributed by atoms with Gasteiger partial charge in [-0.05, 0) is 49.7 Å². The van der Waals surface area contributed by atoms with Crippen LogP contribution in [0.2, 0.25) is 0 Å². The fourth-order valence-corrected chi connectivity index (χ4v) is 3.81. The zero-order valence-corrected chi connectivity index (χ0v) is 14.5. The van der Waals surface area contributed by atoms with Gasteiger partial charge in [-0.3, -0.25) is 14.7 Å². The summed E-state index contributed by atoms with van der Waals surface area (Å²) in [6.45, 7) is 2.63. The van der Waals surface area contributed by atoms with Gasteiger partial charge in [0.25, 0.3) is 0 Å². The van der Waals surface area contributed by atoms with Gasteiger partial charge >= 0.3 is 0 Å². The van der Waals surface area contributed by atoms with Gasteiger partial charge in [0.1, 0.15) is 6.04 Å². The van der Waals surface area contributed by atoms with Gasteiger partial charge in [0.15, 0.2) is 0 Å². The van der Waals surface area contributed by atoms with Crippen LogP contribution in [0.15, 0.2) is 59.8 Å². The molecule has 3 rings (SSSR count). The van der Waals surface area contributed by atoms with E-state index in [9.17, 15) is 4.79 Å². The van der Waals surface area contributed by atoms with Crippen LogP contribution in [0, 0.1) is 0 Å².